The SMILES string of the molecule is CC.O=S(=O)(OC1=C[C@@H](C2=CCCC=C2)NC1)C(F)(F)F. The zero-order chi connectivity index (χ0) is 16.1. The maximum atomic E-state index is 12.2. The molecule has 0 aromatic heterocycles. The number of allylic oxidation sites excluding steroid dienone is 2. The van der Waals surface area contributed by atoms with E-state index in [2.05, 4.69) is 9.50 Å². The Morgan fingerprint density at radius 3 is 2.48 bits per heavy atom. The van der Waals surface area contributed by atoms with E-state index in [4.69, 9.17) is 0 Å². The van der Waals surface area contributed by atoms with Crippen LogP contribution in [0, 0.1) is 0 Å². The maximum Gasteiger partial charge on any atom is 0.534 e. The van der Waals surface area contributed by atoms with Gasteiger partial charge in [0.2, 0.25) is 0 Å². The molecule has 4 nitrogen and oxygen atoms in total. The van der Waals surface area contributed by atoms with E-state index in [1.54, 1.807) is 0 Å². The van der Waals surface area contributed by atoms with Crippen LogP contribution in [-0.4, -0.2) is 26.5 Å². The maximum absolute atomic E-state index is 12.2. The first-order valence-corrected chi connectivity index (χ1v) is 8.02. The van der Waals surface area contributed by atoms with Crippen molar-refractivity contribution >= 4 is 10.1 Å². The van der Waals surface area contributed by atoms with Crippen LogP contribution in [0.25, 0.3) is 0 Å². The Morgan fingerprint density at radius 1 is 1.29 bits per heavy atom. The third kappa shape index (κ3) is 4.60. The Morgan fingerprint density at radius 2 is 1.95 bits per heavy atom. The summed E-state index contributed by atoms with van der Waals surface area (Å²) < 4.78 is 62.2. The lowest BCUT2D eigenvalue weighted by atomic mass is 10.0. The van der Waals surface area contributed by atoms with E-state index in [0.29, 0.717) is 0 Å². The molecule has 1 aliphatic heterocycles. The molecule has 0 spiro atoms. The van der Waals surface area contributed by atoms with Crippen molar-refractivity contribution in [3.05, 3.63) is 35.6 Å². The zero-order valence-electron chi connectivity index (χ0n) is 11.8. The van der Waals surface area contributed by atoms with Gasteiger partial charge >= 0.3 is 15.6 Å². The lowest BCUT2D eigenvalue weighted by Gasteiger charge is -2.12. The molecule has 1 aliphatic carbocycles. The third-order valence-corrected chi connectivity index (χ3v) is 3.73. The Labute approximate surface area is 122 Å². The summed E-state index contributed by atoms with van der Waals surface area (Å²) in [5, 5.41) is 2.88. The molecule has 2 aliphatic rings. The van der Waals surface area contributed by atoms with Crippen molar-refractivity contribution in [2.24, 2.45) is 0 Å². The molecule has 1 N–H and O–H groups in total. The van der Waals surface area contributed by atoms with Crippen LogP contribution in [0.3, 0.4) is 0 Å². The molecule has 0 radical (unpaired) electrons. The number of halogens is 3. The number of nitrogens with one attached hydrogen (secondary N) is 1. The van der Waals surface area contributed by atoms with E-state index in [9.17, 15) is 21.6 Å². The van der Waals surface area contributed by atoms with Crippen molar-refractivity contribution in [3.63, 3.8) is 0 Å². The van der Waals surface area contributed by atoms with E-state index in [-0.39, 0.29) is 18.3 Å². The van der Waals surface area contributed by atoms with Gasteiger partial charge in [0.25, 0.3) is 0 Å². The Kier molecular flexibility index (Phi) is 6.03. The van der Waals surface area contributed by atoms with Crippen LogP contribution < -0.4 is 5.32 Å². The second-order valence-corrected chi connectivity index (χ2v) is 5.70. The van der Waals surface area contributed by atoms with Crippen LogP contribution in [0.4, 0.5) is 13.2 Å². The average Bonchev–Trinajstić information content (AvgIpc) is 2.88. The smallest absolute Gasteiger partial charge is 0.379 e. The van der Waals surface area contributed by atoms with Gasteiger partial charge in [0, 0.05) is 0 Å². The highest BCUT2D eigenvalue weighted by Crippen LogP contribution is 2.28. The molecule has 1 heterocycles. The lowest BCUT2D eigenvalue weighted by molar-refractivity contribution is -0.0522. The van der Waals surface area contributed by atoms with Crippen molar-refractivity contribution in [1.82, 2.24) is 5.32 Å². The molecular formula is C13H18F3NO3S. The number of hydrogen-bond acceptors (Lipinski definition) is 4. The summed E-state index contributed by atoms with van der Waals surface area (Å²) in [5.74, 6) is -0.234. The number of alkyl halides is 3. The van der Waals surface area contributed by atoms with E-state index < -0.39 is 15.6 Å². The summed E-state index contributed by atoms with van der Waals surface area (Å²) in [7, 11) is -5.58. The van der Waals surface area contributed by atoms with Gasteiger partial charge in [-0.15, -0.1) is 0 Å². The molecule has 0 bridgehead atoms. The van der Waals surface area contributed by atoms with Crippen LogP contribution >= 0.6 is 0 Å². The molecular weight excluding hydrogens is 307 g/mol. The number of rotatable bonds is 3. The molecule has 120 valence electrons. The minimum Gasteiger partial charge on any atom is -0.379 e. The fourth-order valence-electron chi connectivity index (χ4n) is 1.84. The van der Waals surface area contributed by atoms with Crippen LogP contribution in [0.2, 0.25) is 0 Å². The van der Waals surface area contributed by atoms with Gasteiger partial charge in [-0.2, -0.15) is 21.6 Å². The third-order valence-electron chi connectivity index (χ3n) is 2.73. The monoisotopic (exact) mass is 325 g/mol. The normalized spacial score (nSPS) is 22.0. The Hall–Kier alpha value is -1.28. The van der Waals surface area contributed by atoms with Gasteiger partial charge in [0.1, 0.15) is 5.76 Å². The first-order chi connectivity index (χ1) is 9.79. The fourth-order valence-corrected chi connectivity index (χ4v) is 2.33. The highest BCUT2D eigenvalue weighted by Gasteiger charge is 2.49. The van der Waals surface area contributed by atoms with Gasteiger partial charge in [-0.3, -0.25) is 5.32 Å². The van der Waals surface area contributed by atoms with Gasteiger partial charge in [-0.1, -0.05) is 32.1 Å². The standard InChI is InChI=1S/C11H12F3NO3S.C2H6/c12-11(13,14)19(16,17)18-9-6-10(15-7-9)8-4-2-1-3-5-8;1-2/h2,4-6,10,15H,1,3,7H2;1-2H3/t10-;/m0./s1. The minimum absolute atomic E-state index is 0.0504. The molecule has 0 aromatic rings. The highest BCUT2D eigenvalue weighted by molar-refractivity contribution is 7.87. The summed E-state index contributed by atoms with van der Waals surface area (Å²) in [4.78, 5) is 0. The van der Waals surface area contributed by atoms with E-state index in [0.717, 1.165) is 18.4 Å². The van der Waals surface area contributed by atoms with Crippen LogP contribution in [0.1, 0.15) is 26.7 Å². The molecule has 0 saturated heterocycles. The highest BCUT2D eigenvalue weighted by atomic mass is 32.2. The first kappa shape index (κ1) is 17.8. The summed E-state index contributed by atoms with van der Waals surface area (Å²) in [6.45, 7) is 3.95. The molecule has 0 fully saturated rings. The van der Waals surface area contributed by atoms with Crippen LogP contribution in [-0.2, 0) is 14.3 Å². The topological polar surface area (TPSA) is 55.4 Å². The van der Waals surface area contributed by atoms with Crippen molar-refractivity contribution in [2.45, 2.75) is 38.2 Å². The second kappa shape index (κ2) is 7.13. The number of hydrogen-bond donors (Lipinski definition) is 1. The van der Waals surface area contributed by atoms with Crippen molar-refractivity contribution in [2.75, 3.05) is 6.54 Å². The predicted molar refractivity (Wildman–Crippen MR) is 73.7 cm³/mol. The first-order valence-electron chi connectivity index (χ1n) is 6.61. The van der Waals surface area contributed by atoms with Crippen molar-refractivity contribution in [1.29, 1.82) is 0 Å². The molecule has 0 amide bonds. The van der Waals surface area contributed by atoms with Gasteiger partial charge in [0.05, 0.1) is 12.6 Å². The average molecular weight is 325 g/mol. The molecule has 0 unspecified atom stereocenters. The summed E-state index contributed by atoms with van der Waals surface area (Å²) in [5.41, 5.74) is -4.51. The predicted octanol–water partition coefficient (Wildman–Crippen LogP) is 3.01. The molecule has 8 heteroatoms. The Bertz CT molecular complexity index is 547. The fraction of sp³-hybridized carbons (Fsp3) is 0.538. The molecule has 21 heavy (non-hydrogen) atoms. The second-order valence-electron chi connectivity index (χ2n) is 4.16. The summed E-state index contributed by atoms with van der Waals surface area (Å²) >= 11 is 0. The van der Waals surface area contributed by atoms with E-state index in [1.165, 1.54) is 6.08 Å². The largest absolute Gasteiger partial charge is 0.534 e. The molecule has 2 rings (SSSR count). The minimum atomic E-state index is -5.58. The summed E-state index contributed by atoms with van der Waals surface area (Å²) in [6.07, 6.45) is 8.90. The summed E-state index contributed by atoms with van der Waals surface area (Å²) in [6, 6.07) is -0.310. The molecule has 0 saturated carbocycles. The Balaban J connectivity index is 0.00000106. The van der Waals surface area contributed by atoms with Gasteiger partial charge < -0.3 is 4.18 Å². The van der Waals surface area contributed by atoms with Crippen LogP contribution in [0.5, 0.6) is 0 Å². The van der Waals surface area contributed by atoms with Gasteiger partial charge in [-0.25, -0.2) is 0 Å². The van der Waals surface area contributed by atoms with E-state index in [1.807, 2.05) is 32.1 Å². The quantitative estimate of drug-likeness (QED) is 0.640. The lowest BCUT2D eigenvalue weighted by Crippen LogP contribution is -2.27. The molecule has 1 atom stereocenters. The van der Waals surface area contributed by atoms with Gasteiger partial charge in [-0.05, 0) is 24.5 Å². The zero-order valence-corrected chi connectivity index (χ0v) is 12.6. The van der Waals surface area contributed by atoms with Crippen molar-refractivity contribution < 1.29 is 25.8 Å². The van der Waals surface area contributed by atoms with Gasteiger partial charge in [0.15, 0.2) is 0 Å². The van der Waals surface area contributed by atoms with Crippen LogP contribution in [0.15, 0.2) is 35.6 Å². The molecule has 0 aromatic carbocycles. The van der Waals surface area contributed by atoms with Crippen molar-refractivity contribution in [3.8, 4) is 0 Å². The van der Waals surface area contributed by atoms with E-state index >= 15 is 0 Å².